The second-order valence-electron chi connectivity index (χ2n) is 10.5. The molecule has 0 heterocycles. The van der Waals surface area contributed by atoms with Crippen LogP contribution >= 0.6 is 0 Å². The number of esters is 2. The topological polar surface area (TPSA) is 52.6 Å². The molecule has 31 heavy (non-hydrogen) atoms. The van der Waals surface area contributed by atoms with Gasteiger partial charge in [0, 0.05) is 0 Å². The van der Waals surface area contributed by atoms with Gasteiger partial charge in [0.1, 0.15) is 0 Å². The molecule has 0 bridgehead atoms. The molecule has 0 aromatic rings. The first-order valence-corrected chi connectivity index (χ1v) is 13.2. The summed E-state index contributed by atoms with van der Waals surface area (Å²) in [6, 6.07) is 0. The third-order valence-electron chi connectivity index (χ3n) is 6.45. The van der Waals surface area contributed by atoms with Crippen LogP contribution < -0.4 is 0 Å². The number of ether oxygens (including phenoxy) is 2. The van der Waals surface area contributed by atoms with E-state index in [1.807, 2.05) is 0 Å². The summed E-state index contributed by atoms with van der Waals surface area (Å²) >= 11 is 0. The van der Waals surface area contributed by atoms with Gasteiger partial charge in [0.2, 0.25) is 0 Å². The minimum absolute atomic E-state index is 0.175. The molecule has 1 aliphatic rings. The van der Waals surface area contributed by atoms with Gasteiger partial charge in [-0.3, -0.25) is 9.59 Å². The average molecular weight is 439 g/mol. The van der Waals surface area contributed by atoms with Crippen molar-refractivity contribution in [3.8, 4) is 0 Å². The maximum absolute atomic E-state index is 12.7. The van der Waals surface area contributed by atoms with Crippen LogP contribution in [0, 0.1) is 23.7 Å². The van der Waals surface area contributed by atoms with Gasteiger partial charge in [-0.25, -0.2) is 0 Å². The summed E-state index contributed by atoms with van der Waals surface area (Å²) in [5.41, 5.74) is 0. The summed E-state index contributed by atoms with van der Waals surface area (Å²) in [5.74, 6) is 1.23. The van der Waals surface area contributed by atoms with E-state index >= 15 is 0 Å². The van der Waals surface area contributed by atoms with Crippen LogP contribution in [-0.2, 0) is 19.1 Å². The fraction of sp³-hybridized carbons (Fsp3) is 0.926. The van der Waals surface area contributed by atoms with E-state index in [4.69, 9.17) is 9.47 Å². The number of rotatable bonds is 17. The Hall–Kier alpha value is -1.06. The van der Waals surface area contributed by atoms with Crippen molar-refractivity contribution < 1.29 is 19.1 Å². The lowest BCUT2D eigenvalue weighted by Gasteiger charge is -2.25. The van der Waals surface area contributed by atoms with E-state index in [-0.39, 0.29) is 24.3 Å². The summed E-state index contributed by atoms with van der Waals surface area (Å²) in [6.45, 7) is 9.89. The van der Waals surface area contributed by atoms with Gasteiger partial charge in [0.05, 0.1) is 25.6 Å². The molecule has 1 atom stereocenters. The van der Waals surface area contributed by atoms with Crippen LogP contribution in [0.5, 0.6) is 0 Å². The van der Waals surface area contributed by atoms with Crippen molar-refractivity contribution in [1.29, 1.82) is 0 Å². The molecule has 4 nitrogen and oxygen atoms in total. The zero-order valence-electron chi connectivity index (χ0n) is 21.0. The first-order valence-electron chi connectivity index (χ1n) is 13.2. The quantitative estimate of drug-likeness (QED) is 0.174. The number of carbonyl (C=O) groups is 2. The third kappa shape index (κ3) is 15.4. The van der Waals surface area contributed by atoms with Crippen molar-refractivity contribution in [1.82, 2.24) is 0 Å². The van der Waals surface area contributed by atoms with Crippen LogP contribution in [-0.4, -0.2) is 25.2 Å². The predicted octanol–water partition coefficient (Wildman–Crippen LogP) is 7.48. The molecule has 1 unspecified atom stereocenters. The highest BCUT2D eigenvalue weighted by Crippen LogP contribution is 2.31. The predicted molar refractivity (Wildman–Crippen MR) is 128 cm³/mol. The zero-order chi connectivity index (χ0) is 22.9. The van der Waals surface area contributed by atoms with Crippen molar-refractivity contribution in [2.45, 2.75) is 124 Å². The maximum atomic E-state index is 12.7. The van der Waals surface area contributed by atoms with E-state index < -0.39 is 0 Å². The Balaban J connectivity index is 2.36. The molecule has 1 fully saturated rings. The van der Waals surface area contributed by atoms with E-state index in [1.54, 1.807) is 0 Å². The van der Waals surface area contributed by atoms with Gasteiger partial charge >= 0.3 is 11.9 Å². The molecule has 182 valence electrons. The SMILES string of the molecule is CC(C)CCCCCOC(=O)CC(CC1CCCCC1)C(=O)OCCCCCC(C)C. The van der Waals surface area contributed by atoms with E-state index in [0.29, 0.717) is 19.1 Å². The Bertz CT molecular complexity index is 466. The van der Waals surface area contributed by atoms with Gasteiger partial charge < -0.3 is 9.47 Å². The summed E-state index contributed by atoms with van der Waals surface area (Å²) in [7, 11) is 0. The van der Waals surface area contributed by atoms with Crippen molar-refractivity contribution in [2.75, 3.05) is 13.2 Å². The second kappa shape index (κ2) is 17.5. The van der Waals surface area contributed by atoms with E-state index in [0.717, 1.165) is 43.9 Å². The highest BCUT2D eigenvalue weighted by atomic mass is 16.5. The minimum Gasteiger partial charge on any atom is -0.466 e. The van der Waals surface area contributed by atoms with Crippen molar-refractivity contribution in [2.24, 2.45) is 23.7 Å². The number of hydrogen-bond acceptors (Lipinski definition) is 4. The summed E-state index contributed by atoms with van der Waals surface area (Å²) in [4.78, 5) is 25.1. The van der Waals surface area contributed by atoms with Gasteiger partial charge in [-0.1, -0.05) is 98.3 Å². The number of unbranched alkanes of at least 4 members (excludes halogenated alkanes) is 4. The molecule has 4 heteroatoms. The van der Waals surface area contributed by atoms with Crippen molar-refractivity contribution >= 4 is 11.9 Å². The normalized spacial score (nSPS) is 15.9. The van der Waals surface area contributed by atoms with Crippen LogP contribution in [0.15, 0.2) is 0 Å². The molecule has 0 amide bonds. The van der Waals surface area contributed by atoms with Crippen LogP contribution in [0.1, 0.15) is 124 Å². The monoisotopic (exact) mass is 438 g/mol. The highest BCUT2D eigenvalue weighted by molar-refractivity contribution is 5.80. The van der Waals surface area contributed by atoms with E-state index in [9.17, 15) is 9.59 Å². The summed E-state index contributed by atoms with van der Waals surface area (Å²) < 4.78 is 11.0. The first-order chi connectivity index (χ1) is 14.9. The van der Waals surface area contributed by atoms with Gasteiger partial charge in [-0.2, -0.15) is 0 Å². The second-order valence-corrected chi connectivity index (χ2v) is 10.5. The molecule has 0 aromatic carbocycles. The van der Waals surface area contributed by atoms with Gasteiger partial charge in [-0.15, -0.1) is 0 Å². The molecule has 0 aliphatic heterocycles. The molecule has 1 rings (SSSR count). The third-order valence-corrected chi connectivity index (χ3v) is 6.45. The zero-order valence-corrected chi connectivity index (χ0v) is 21.0. The largest absolute Gasteiger partial charge is 0.466 e. The van der Waals surface area contributed by atoms with E-state index in [1.165, 1.54) is 57.8 Å². The number of hydrogen-bond donors (Lipinski definition) is 0. The molecule has 0 spiro atoms. The molecule has 0 N–H and O–H groups in total. The van der Waals surface area contributed by atoms with Crippen LogP contribution in [0.25, 0.3) is 0 Å². The average Bonchev–Trinajstić information content (AvgIpc) is 2.72. The van der Waals surface area contributed by atoms with Crippen LogP contribution in [0.4, 0.5) is 0 Å². The van der Waals surface area contributed by atoms with Gasteiger partial charge in [0.25, 0.3) is 0 Å². The van der Waals surface area contributed by atoms with E-state index in [2.05, 4.69) is 27.7 Å². The van der Waals surface area contributed by atoms with Crippen molar-refractivity contribution in [3.63, 3.8) is 0 Å². The summed E-state index contributed by atoms with van der Waals surface area (Å²) in [6.07, 6.45) is 15.9. The summed E-state index contributed by atoms with van der Waals surface area (Å²) in [5, 5.41) is 0. The molecular weight excluding hydrogens is 388 g/mol. The van der Waals surface area contributed by atoms with Gasteiger partial charge in [0.15, 0.2) is 0 Å². The Morgan fingerprint density at radius 1 is 0.742 bits per heavy atom. The smallest absolute Gasteiger partial charge is 0.309 e. The maximum Gasteiger partial charge on any atom is 0.309 e. The Morgan fingerprint density at radius 2 is 1.29 bits per heavy atom. The van der Waals surface area contributed by atoms with Crippen LogP contribution in [0.3, 0.4) is 0 Å². The number of carbonyl (C=O) groups excluding carboxylic acids is 2. The molecule has 1 saturated carbocycles. The molecule has 0 aromatic heterocycles. The fourth-order valence-electron chi connectivity index (χ4n) is 4.49. The molecular formula is C27H50O4. The van der Waals surface area contributed by atoms with Crippen molar-refractivity contribution in [3.05, 3.63) is 0 Å². The Labute approximate surface area is 192 Å². The minimum atomic E-state index is -0.341. The van der Waals surface area contributed by atoms with Crippen LogP contribution in [0.2, 0.25) is 0 Å². The lowest BCUT2D eigenvalue weighted by atomic mass is 9.82. The lowest BCUT2D eigenvalue weighted by Crippen LogP contribution is -2.26. The van der Waals surface area contributed by atoms with Gasteiger partial charge in [-0.05, 0) is 37.0 Å². The Morgan fingerprint density at radius 3 is 1.84 bits per heavy atom. The fourth-order valence-corrected chi connectivity index (χ4v) is 4.49. The standard InChI is InChI=1S/C27H50O4/c1-22(2)14-8-6-12-18-30-26(28)21-25(20-24-16-10-5-11-17-24)27(29)31-19-13-7-9-15-23(3)4/h22-25H,5-21H2,1-4H3. The highest BCUT2D eigenvalue weighted by Gasteiger charge is 2.28. The molecule has 0 radical (unpaired) electrons. The Kier molecular flexibility index (Phi) is 15.8. The first kappa shape index (κ1) is 28.0. The lowest BCUT2D eigenvalue weighted by molar-refractivity contribution is -0.156. The molecule has 0 saturated heterocycles. The molecule has 1 aliphatic carbocycles.